The molecule has 0 unspecified atom stereocenters. The van der Waals surface area contributed by atoms with Gasteiger partial charge in [0.25, 0.3) is 15.9 Å². The maximum absolute atomic E-state index is 12.4. The molecule has 0 saturated heterocycles. The third-order valence-electron chi connectivity index (χ3n) is 4.26. The van der Waals surface area contributed by atoms with Gasteiger partial charge in [0.2, 0.25) is 5.91 Å². The van der Waals surface area contributed by atoms with E-state index >= 15 is 0 Å². The van der Waals surface area contributed by atoms with Crippen LogP contribution in [0.2, 0.25) is 0 Å². The summed E-state index contributed by atoms with van der Waals surface area (Å²) in [6.07, 6.45) is -1.08. The zero-order chi connectivity index (χ0) is 24.0. The summed E-state index contributed by atoms with van der Waals surface area (Å²) in [6, 6.07) is 15.3. The Hall–Kier alpha value is -3.70. The van der Waals surface area contributed by atoms with Gasteiger partial charge in [-0.3, -0.25) is 14.3 Å². The van der Waals surface area contributed by atoms with Crippen molar-refractivity contribution in [3.8, 4) is 0 Å². The minimum Gasteiger partial charge on any atom is -0.449 e. The number of benzene rings is 2. The number of thiophene rings is 1. The first kappa shape index (κ1) is 24.0. The number of carbonyl (C=O) groups is 3. The maximum Gasteiger partial charge on any atom is 0.338 e. The number of hydrogen-bond donors (Lipinski definition) is 3. The van der Waals surface area contributed by atoms with E-state index in [0.29, 0.717) is 11.4 Å². The first-order valence-electron chi connectivity index (χ1n) is 9.70. The molecule has 3 rings (SSSR count). The van der Waals surface area contributed by atoms with Crippen LogP contribution in [0.4, 0.5) is 17.1 Å². The summed E-state index contributed by atoms with van der Waals surface area (Å²) in [5.74, 6) is -1.47. The average Bonchev–Trinajstić information content (AvgIpc) is 3.31. The first-order valence-corrected chi connectivity index (χ1v) is 12.1. The smallest absolute Gasteiger partial charge is 0.338 e. The monoisotopic (exact) mass is 487 g/mol. The second kappa shape index (κ2) is 10.3. The number of nitrogens with one attached hydrogen (secondary N) is 3. The highest BCUT2D eigenvalue weighted by Crippen LogP contribution is 2.21. The van der Waals surface area contributed by atoms with Gasteiger partial charge in [-0.05, 0) is 66.9 Å². The highest BCUT2D eigenvalue weighted by molar-refractivity contribution is 7.94. The van der Waals surface area contributed by atoms with Gasteiger partial charge >= 0.3 is 5.97 Å². The lowest BCUT2D eigenvalue weighted by molar-refractivity contribution is -0.123. The number of sulfonamides is 1. The molecule has 0 aliphatic carbocycles. The van der Waals surface area contributed by atoms with Crippen molar-refractivity contribution in [3.63, 3.8) is 0 Å². The van der Waals surface area contributed by atoms with Crippen LogP contribution in [0.15, 0.2) is 70.3 Å². The van der Waals surface area contributed by atoms with E-state index in [1.165, 1.54) is 44.2 Å². The molecule has 9 nitrogen and oxygen atoms in total. The summed E-state index contributed by atoms with van der Waals surface area (Å²) in [7, 11) is -3.69. The van der Waals surface area contributed by atoms with Gasteiger partial charge in [0.1, 0.15) is 4.21 Å². The van der Waals surface area contributed by atoms with Gasteiger partial charge in [0.05, 0.1) is 5.56 Å². The second-order valence-electron chi connectivity index (χ2n) is 6.91. The molecule has 0 fully saturated rings. The van der Waals surface area contributed by atoms with Crippen LogP contribution in [-0.2, 0) is 24.3 Å². The van der Waals surface area contributed by atoms with Crippen LogP contribution in [0.3, 0.4) is 0 Å². The van der Waals surface area contributed by atoms with Gasteiger partial charge < -0.3 is 15.4 Å². The van der Waals surface area contributed by atoms with Crippen LogP contribution in [0, 0.1) is 0 Å². The number of amides is 2. The van der Waals surface area contributed by atoms with Crippen molar-refractivity contribution in [3.05, 3.63) is 71.6 Å². The summed E-state index contributed by atoms with van der Waals surface area (Å²) in [4.78, 5) is 35.7. The molecule has 33 heavy (non-hydrogen) atoms. The Labute approximate surface area is 194 Å². The molecule has 1 heterocycles. The van der Waals surface area contributed by atoms with Gasteiger partial charge in [-0.15, -0.1) is 11.3 Å². The Bertz CT molecular complexity index is 1240. The van der Waals surface area contributed by atoms with E-state index in [0.717, 1.165) is 11.3 Å². The van der Waals surface area contributed by atoms with Crippen molar-refractivity contribution in [2.24, 2.45) is 0 Å². The number of hydrogen-bond acceptors (Lipinski definition) is 7. The fraction of sp³-hybridized carbons (Fsp3) is 0.136. The van der Waals surface area contributed by atoms with Crippen LogP contribution in [-0.4, -0.2) is 32.3 Å². The van der Waals surface area contributed by atoms with E-state index in [9.17, 15) is 22.8 Å². The lowest BCUT2D eigenvalue weighted by atomic mass is 10.2. The molecule has 172 valence electrons. The summed E-state index contributed by atoms with van der Waals surface area (Å²) in [5.41, 5.74) is 1.50. The predicted molar refractivity (Wildman–Crippen MR) is 126 cm³/mol. The molecule has 3 aromatic rings. The Morgan fingerprint density at radius 1 is 0.879 bits per heavy atom. The van der Waals surface area contributed by atoms with Gasteiger partial charge in [0.15, 0.2) is 6.10 Å². The summed E-state index contributed by atoms with van der Waals surface area (Å²) < 4.78 is 32.3. The summed E-state index contributed by atoms with van der Waals surface area (Å²) >= 11 is 1.09. The molecule has 1 aromatic heterocycles. The van der Waals surface area contributed by atoms with Crippen molar-refractivity contribution >= 4 is 56.2 Å². The van der Waals surface area contributed by atoms with Crippen LogP contribution in [0.25, 0.3) is 0 Å². The van der Waals surface area contributed by atoms with Gasteiger partial charge in [-0.1, -0.05) is 6.07 Å². The molecule has 3 N–H and O–H groups in total. The third-order valence-corrected chi connectivity index (χ3v) is 7.04. The Balaban J connectivity index is 1.55. The van der Waals surface area contributed by atoms with Gasteiger partial charge in [-0.2, -0.15) is 0 Å². The molecule has 1 atom stereocenters. The topological polar surface area (TPSA) is 131 Å². The molecule has 0 aliphatic heterocycles. The van der Waals surface area contributed by atoms with Gasteiger partial charge in [-0.25, -0.2) is 13.2 Å². The molecular weight excluding hydrogens is 466 g/mol. The predicted octanol–water partition coefficient (Wildman–Crippen LogP) is 3.69. The van der Waals surface area contributed by atoms with E-state index in [1.807, 2.05) is 0 Å². The highest BCUT2D eigenvalue weighted by atomic mass is 32.2. The maximum atomic E-state index is 12.4. The molecule has 0 spiro atoms. The number of rotatable bonds is 8. The minimum absolute atomic E-state index is 0.161. The lowest BCUT2D eigenvalue weighted by Gasteiger charge is -2.14. The zero-order valence-electron chi connectivity index (χ0n) is 17.7. The lowest BCUT2D eigenvalue weighted by Crippen LogP contribution is -2.30. The fourth-order valence-electron chi connectivity index (χ4n) is 2.66. The average molecular weight is 488 g/mol. The largest absolute Gasteiger partial charge is 0.449 e. The van der Waals surface area contributed by atoms with E-state index in [4.69, 9.17) is 4.74 Å². The molecule has 0 bridgehead atoms. The SMILES string of the molecule is CC(=O)Nc1ccc(NC(=O)[C@@H](C)OC(=O)c2ccc(NS(=O)(=O)c3cccs3)cc2)cc1. The van der Waals surface area contributed by atoms with Gasteiger partial charge in [0, 0.05) is 24.0 Å². The number of esters is 1. The highest BCUT2D eigenvalue weighted by Gasteiger charge is 2.20. The normalized spacial score (nSPS) is 11.8. The third kappa shape index (κ3) is 6.64. The first-order chi connectivity index (χ1) is 15.6. The minimum atomic E-state index is -3.69. The quantitative estimate of drug-likeness (QED) is 0.416. The summed E-state index contributed by atoms with van der Waals surface area (Å²) in [6.45, 7) is 2.82. The molecule has 0 aliphatic rings. The molecule has 0 saturated carbocycles. The molecule has 2 aromatic carbocycles. The fourth-order valence-corrected chi connectivity index (χ4v) is 4.71. The standard InChI is InChI=1S/C22H21N3O6S2/c1-14(21(27)24-18-11-9-17(10-12-18)23-15(2)26)31-22(28)16-5-7-19(8-6-16)25-33(29,30)20-4-3-13-32-20/h3-14,25H,1-2H3,(H,23,26)(H,24,27)/t14-/m1/s1. The molecule has 11 heteroatoms. The molecule has 0 radical (unpaired) electrons. The van der Waals surface area contributed by atoms with Crippen molar-refractivity contribution in [1.82, 2.24) is 0 Å². The van der Waals surface area contributed by atoms with E-state index in [-0.39, 0.29) is 21.4 Å². The summed E-state index contributed by atoms with van der Waals surface area (Å²) in [5, 5.41) is 6.90. The number of ether oxygens (including phenoxy) is 1. The molecule has 2 amide bonds. The van der Waals surface area contributed by atoms with Crippen molar-refractivity contribution in [2.75, 3.05) is 15.4 Å². The van der Waals surface area contributed by atoms with Crippen LogP contribution in [0.1, 0.15) is 24.2 Å². The zero-order valence-corrected chi connectivity index (χ0v) is 19.3. The molecular formula is C22H21N3O6S2. The Kier molecular flexibility index (Phi) is 7.46. The van der Waals surface area contributed by atoms with Crippen LogP contribution >= 0.6 is 11.3 Å². The van der Waals surface area contributed by atoms with Crippen molar-refractivity contribution in [1.29, 1.82) is 0 Å². The van der Waals surface area contributed by atoms with E-state index in [1.54, 1.807) is 35.7 Å². The Morgan fingerprint density at radius 3 is 2.00 bits per heavy atom. The van der Waals surface area contributed by atoms with Crippen LogP contribution < -0.4 is 15.4 Å². The van der Waals surface area contributed by atoms with E-state index < -0.39 is 28.0 Å². The second-order valence-corrected chi connectivity index (χ2v) is 9.77. The van der Waals surface area contributed by atoms with Crippen molar-refractivity contribution in [2.45, 2.75) is 24.2 Å². The number of anilines is 3. The van der Waals surface area contributed by atoms with Crippen molar-refractivity contribution < 1.29 is 27.5 Å². The van der Waals surface area contributed by atoms with Crippen LogP contribution in [0.5, 0.6) is 0 Å². The van der Waals surface area contributed by atoms with E-state index in [2.05, 4.69) is 15.4 Å². The number of carbonyl (C=O) groups excluding carboxylic acids is 3. The Morgan fingerprint density at radius 2 is 1.45 bits per heavy atom.